The van der Waals surface area contributed by atoms with Crippen molar-refractivity contribution in [3.8, 4) is 11.4 Å². The third-order valence-corrected chi connectivity index (χ3v) is 6.57. The van der Waals surface area contributed by atoms with Crippen LogP contribution in [0.25, 0.3) is 22.4 Å². The Morgan fingerprint density at radius 1 is 0.962 bits per heavy atom. The minimum atomic E-state index is -0.664. The summed E-state index contributed by atoms with van der Waals surface area (Å²) in [6, 6.07) is 14.2. The standard InChI is InChI=1S/C20H19N3O2S/c24-18-8-9-23-19-16(18)2-1-3-17(19)21-20(23)14-4-6-15(7-5-14)22-10-12-26(25)13-11-22/h1-7H,8-13H2. The summed E-state index contributed by atoms with van der Waals surface area (Å²) in [6.07, 6.45) is 0.526. The van der Waals surface area contributed by atoms with Gasteiger partial charge in [-0.3, -0.25) is 9.00 Å². The predicted octanol–water partition coefficient (Wildman–Crippen LogP) is 2.86. The van der Waals surface area contributed by atoms with Crippen LogP contribution in [0.2, 0.25) is 0 Å². The topological polar surface area (TPSA) is 55.2 Å². The fourth-order valence-corrected chi connectivity index (χ4v) is 4.97. The van der Waals surface area contributed by atoms with Crippen molar-refractivity contribution >= 4 is 33.3 Å². The first-order valence-corrected chi connectivity index (χ1v) is 10.4. The van der Waals surface area contributed by atoms with Gasteiger partial charge < -0.3 is 9.47 Å². The molecule has 0 atom stereocenters. The zero-order valence-corrected chi connectivity index (χ0v) is 15.2. The number of hydrogen-bond acceptors (Lipinski definition) is 4. The number of para-hydroxylation sites is 1. The summed E-state index contributed by atoms with van der Waals surface area (Å²) in [7, 11) is -0.664. The molecule has 0 unspecified atom stereocenters. The number of carbonyl (C=O) groups excluding carboxylic acids is 1. The molecule has 5 rings (SSSR count). The number of benzene rings is 2. The van der Waals surface area contributed by atoms with Crippen LogP contribution in [-0.2, 0) is 17.3 Å². The van der Waals surface area contributed by atoms with E-state index in [1.165, 1.54) is 0 Å². The molecule has 1 aromatic heterocycles. The molecule has 2 aliphatic heterocycles. The van der Waals surface area contributed by atoms with Crippen molar-refractivity contribution in [2.75, 3.05) is 29.5 Å². The summed E-state index contributed by atoms with van der Waals surface area (Å²) in [5.74, 6) is 2.61. The SMILES string of the molecule is O=C1CCn2c(-c3ccc(N4CCS(=O)CC4)cc3)nc3cccc1c32. The van der Waals surface area contributed by atoms with Gasteiger partial charge in [0.15, 0.2) is 5.78 Å². The van der Waals surface area contributed by atoms with Crippen molar-refractivity contribution in [1.82, 2.24) is 9.55 Å². The molecule has 26 heavy (non-hydrogen) atoms. The van der Waals surface area contributed by atoms with E-state index in [2.05, 4.69) is 33.7 Å². The van der Waals surface area contributed by atoms with E-state index in [4.69, 9.17) is 4.98 Å². The molecular formula is C20H19N3O2S. The Kier molecular flexibility index (Phi) is 3.67. The number of aryl methyl sites for hydroxylation is 1. The molecule has 5 nitrogen and oxygen atoms in total. The highest BCUT2D eigenvalue weighted by molar-refractivity contribution is 7.85. The van der Waals surface area contributed by atoms with Gasteiger partial charge in [0.1, 0.15) is 5.82 Å². The summed E-state index contributed by atoms with van der Waals surface area (Å²) in [5.41, 5.74) is 4.85. The Labute approximate surface area is 154 Å². The second-order valence-electron chi connectivity index (χ2n) is 6.82. The maximum atomic E-state index is 12.2. The molecule has 1 fully saturated rings. The van der Waals surface area contributed by atoms with Gasteiger partial charge in [-0.1, -0.05) is 6.07 Å². The third-order valence-electron chi connectivity index (χ3n) is 5.30. The quantitative estimate of drug-likeness (QED) is 0.701. The number of Topliss-reactive ketones (excluding diaryl/α,β-unsaturated/α-hetero) is 1. The van der Waals surface area contributed by atoms with Crippen molar-refractivity contribution in [1.29, 1.82) is 0 Å². The maximum absolute atomic E-state index is 12.2. The van der Waals surface area contributed by atoms with E-state index < -0.39 is 10.8 Å². The Hall–Kier alpha value is -2.47. The maximum Gasteiger partial charge on any atom is 0.166 e. The van der Waals surface area contributed by atoms with Gasteiger partial charge in [-0.05, 0) is 36.4 Å². The molecular weight excluding hydrogens is 346 g/mol. The number of imidazole rings is 1. The monoisotopic (exact) mass is 365 g/mol. The lowest BCUT2D eigenvalue weighted by Gasteiger charge is -2.28. The van der Waals surface area contributed by atoms with Gasteiger partial charge in [0.25, 0.3) is 0 Å². The minimum absolute atomic E-state index is 0.201. The molecule has 3 heterocycles. The highest BCUT2D eigenvalue weighted by Gasteiger charge is 2.23. The Morgan fingerprint density at radius 3 is 2.50 bits per heavy atom. The summed E-state index contributed by atoms with van der Waals surface area (Å²) < 4.78 is 13.7. The third kappa shape index (κ3) is 2.48. The lowest BCUT2D eigenvalue weighted by Crippen LogP contribution is -2.37. The highest BCUT2D eigenvalue weighted by Crippen LogP contribution is 2.32. The Morgan fingerprint density at radius 2 is 1.73 bits per heavy atom. The van der Waals surface area contributed by atoms with Crippen molar-refractivity contribution in [2.24, 2.45) is 0 Å². The number of nitrogens with zero attached hydrogens (tertiary/aromatic N) is 3. The second kappa shape index (κ2) is 6.06. The molecule has 0 bridgehead atoms. The molecule has 6 heteroatoms. The van der Waals surface area contributed by atoms with Crippen LogP contribution in [0.3, 0.4) is 0 Å². The van der Waals surface area contributed by atoms with Crippen molar-refractivity contribution in [3.05, 3.63) is 48.0 Å². The van der Waals surface area contributed by atoms with Crippen LogP contribution in [0, 0.1) is 0 Å². The zero-order valence-electron chi connectivity index (χ0n) is 14.4. The van der Waals surface area contributed by atoms with Crippen molar-refractivity contribution in [3.63, 3.8) is 0 Å². The zero-order chi connectivity index (χ0) is 17.7. The van der Waals surface area contributed by atoms with Gasteiger partial charge in [0.2, 0.25) is 0 Å². The number of rotatable bonds is 2. The van der Waals surface area contributed by atoms with Gasteiger partial charge in [0.05, 0.1) is 11.0 Å². The summed E-state index contributed by atoms with van der Waals surface area (Å²) in [5, 5.41) is 0. The number of aromatic nitrogens is 2. The first kappa shape index (κ1) is 15.8. The lowest BCUT2D eigenvalue weighted by molar-refractivity contribution is 0.0973. The van der Waals surface area contributed by atoms with Gasteiger partial charge >= 0.3 is 0 Å². The van der Waals surface area contributed by atoms with Gasteiger partial charge in [-0.15, -0.1) is 0 Å². The van der Waals surface area contributed by atoms with E-state index >= 15 is 0 Å². The fraction of sp³-hybridized carbons (Fsp3) is 0.300. The average molecular weight is 365 g/mol. The molecule has 0 N–H and O–H groups in total. The van der Waals surface area contributed by atoms with Crippen LogP contribution < -0.4 is 4.90 Å². The normalized spacial score (nSPS) is 17.8. The van der Waals surface area contributed by atoms with Gasteiger partial charge in [0, 0.05) is 65.2 Å². The number of anilines is 1. The Balaban J connectivity index is 1.53. The molecule has 0 saturated carbocycles. The molecule has 0 spiro atoms. The first-order chi connectivity index (χ1) is 12.7. The van der Waals surface area contributed by atoms with Gasteiger partial charge in [-0.25, -0.2) is 4.98 Å². The largest absolute Gasteiger partial charge is 0.370 e. The molecule has 1 saturated heterocycles. The van der Waals surface area contributed by atoms with Crippen LogP contribution in [0.4, 0.5) is 5.69 Å². The first-order valence-electron chi connectivity index (χ1n) is 8.93. The Bertz CT molecular complexity index is 1030. The van der Waals surface area contributed by atoms with Crippen LogP contribution in [0.1, 0.15) is 16.8 Å². The number of carbonyl (C=O) groups is 1. The van der Waals surface area contributed by atoms with Crippen molar-refractivity contribution < 1.29 is 9.00 Å². The van der Waals surface area contributed by atoms with Gasteiger partial charge in [-0.2, -0.15) is 0 Å². The number of hydrogen-bond donors (Lipinski definition) is 0. The van der Waals surface area contributed by atoms with Crippen molar-refractivity contribution in [2.45, 2.75) is 13.0 Å². The van der Waals surface area contributed by atoms with E-state index in [9.17, 15) is 9.00 Å². The highest BCUT2D eigenvalue weighted by atomic mass is 32.2. The molecule has 2 aromatic carbocycles. The van der Waals surface area contributed by atoms with E-state index in [1.54, 1.807) is 0 Å². The average Bonchev–Trinajstić information content (AvgIpc) is 3.05. The summed E-state index contributed by atoms with van der Waals surface area (Å²) in [6.45, 7) is 2.37. The van der Waals surface area contributed by atoms with E-state index in [0.717, 1.165) is 58.3 Å². The van der Waals surface area contributed by atoms with Crippen LogP contribution in [-0.4, -0.2) is 44.1 Å². The second-order valence-corrected chi connectivity index (χ2v) is 8.51. The lowest BCUT2D eigenvalue weighted by atomic mass is 10.0. The van der Waals surface area contributed by atoms with Crippen LogP contribution >= 0.6 is 0 Å². The molecule has 0 radical (unpaired) electrons. The van der Waals surface area contributed by atoms with Crippen LogP contribution in [0.5, 0.6) is 0 Å². The summed E-state index contributed by atoms with van der Waals surface area (Å²) in [4.78, 5) is 19.3. The molecule has 3 aromatic rings. The van der Waals surface area contributed by atoms with Crippen LogP contribution in [0.15, 0.2) is 42.5 Å². The smallest absolute Gasteiger partial charge is 0.166 e. The van der Waals surface area contributed by atoms with E-state index in [0.29, 0.717) is 13.0 Å². The summed E-state index contributed by atoms with van der Waals surface area (Å²) >= 11 is 0. The van der Waals surface area contributed by atoms with E-state index in [1.807, 2.05) is 18.2 Å². The fourth-order valence-electron chi connectivity index (χ4n) is 3.91. The molecule has 0 amide bonds. The minimum Gasteiger partial charge on any atom is -0.370 e. The predicted molar refractivity (Wildman–Crippen MR) is 104 cm³/mol. The molecule has 132 valence electrons. The molecule has 2 aliphatic rings. The van der Waals surface area contributed by atoms with E-state index in [-0.39, 0.29) is 5.78 Å². The molecule has 0 aliphatic carbocycles. The number of ketones is 1.